The summed E-state index contributed by atoms with van der Waals surface area (Å²) in [4.78, 5) is 7.05. The standard InChI is InChI=1S/C12H15N3S/c1-9-2-3-11(16-9)7-15-8-14-6-12(15)10-4-13-5-10/h2-3,6,8,10,13H,4-5,7H2,1H3. The molecule has 0 saturated carbocycles. The predicted octanol–water partition coefficient (Wildman–Crippen LogP) is 1.99. The molecular weight excluding hydrogens is 218 g/mol. The molecule has 16 heavy (non-hydrogen) atoms. The Hall–Kier alpha value is -1.13. The number of hydrogen-bond acceptors (Lipinski definition) is 3. The molecule has 0 unspecified atom stereocenters. The lowest BCUT2D eigenvalue weighted by Crippen LogP contribution is -2.40. The van der Waals surface area contributed by atoms with E-state index in [4.69, 9.17) is 0 Å². The van der Waals surface area contributed by atoms with Crippen molar-refractivity contribution in [1.29, 1.82) is 0 Å². The summed E-state index contributed by atoms with van der Waals surface area (Å²) in [5.74, 6) is 0.656. The first-order valence-electron chi connectivity index (χ1n) is 5.59. The molecule has 1 aliphatic rings. The molecule has 2 aromatic rings. The van der Waals surface area contributed by atoms with Crippen LogP contribution in [-0.4, -0.2) is 22.6 Å². The summed E-state index contributed by atoms with van der Waals surface area (Å²) in [5.41, 5.74) is 1.37. The summed E-state index contributed by atoms with van der Waals surface area (Å²) in [5, 5.41) is 3.31. The fourth-order valence-corrected chi connectivity index (χ4v) is 2.93. The Morgan fingerprint density at radius 1 is 1.50 bits per heavy atom. The van der Waals surface area contributed by atoms with Crippen molar-refractivity contribution in [3.05, 3.63) is 40.1 Å². The SMILES string of the molecule is Cc1ccc(Cn2cncc2C2CNC2)s1. The largest absolute Gasteiger partial charge is 0.329 e. The van der Waals surface area contributed by atoms with Gasteiger partial charge in [0.2, 0.25) is 0 Å². The highest BCUT2D eigenvalue weighted by atomic mass is 32.1. The van der Waals surface area contributed by atoms with Crippen molar-refractivity contribution in [2.75, 3.05) is 13.1 Å². The van der Waals surface area contributed by atoms with E-state index in [2.05, 4.69) is 33.9 Å². The van der Waals surface area contributed by atoms with Crippen molar-refractivity contribution >= 4 is 11.3 Å². The van der Waals surface area contributed by atoms with E-state index in [0.717, 1.165) is 19.6 Å². The molecule has 0 amide bonds. The van der Waals surface area contributed by atoms with Crippen molar-refractivity contribution in [1.82, 2.24) is 14.9 Å². The number of imidazole rings is 1. The van der Waals surface area contributed by atoms with Gasteiger partial charge in [0.1, 0.15) is 0 Å². The third-order valence-corrected chi connectivity index (χ3v) is 4.05. The van der Waals surface area contributed by atoms with E-state index in [0.29, 0.717) is 5.92 Å². The van der Waals surface area contributed by atoms with Crippen LogP contribution in [0.5, 0.6) is 0 Å². The normalized spacial score (nSPS) is 16.3. The second-order valence-electron chi connectivity index (χ2n) is 4.31. The maximum absolute atomic E-state index is 4.27. The maximum Gasteiger partial charge on any atom is 0.0951 e. The molecule has 0 aliphatic carbocycles. The highest BCUT2D eigenvalue weighted by Crippen LogP contribution is 2.22. The molecule has 0 bridgehead atoms. The van der Waals surface area contributed by atoms with Gasteiger partial charge >= 0.3 is 0 Å². The molecule has 4 heteroatoms. The smallest absolute Gasteiger partial charge is 0.0951 e. The third kappa shape index (κ3) is 1.79. The molecule has 84 valence electrons. The average molecular weight is 233 g/mol. The fraction of sp³-hybridized carbons (Fsp3) is 0.417. The monoisotopic (exact) mass is 233 g/mol. The number of hydrogen-bond donors (Lipinski definition) is 1. The van der Waals surface area contributed by atoms with Gasteiger partial charge < -0.3 is 9.88 Å². The van der Waals surface area contributed by atoms with Crippen LogP contribution < -0.4 is 5.32 Å². The first-order valence-corrected chi connectivity index (χ1v) is 6.40. The number of nitrogens with one attached hydrogen (secondary N) is 1. The van der Waals surface area contributed by atoms with Crippen LogP contribution in [-0.2, 0) is 6.54 Å². The molecular formula is C12H15N3S. The van der Waals surface area contributed by atoms with Crippen LogP contribution in [0.15, 0.2) is 24.7 Å². The Bertz CT molecular complexity index is 482. The Morgan fingerprint density at radius 3 is 3.00 bits per heavy atom. The van der Waals surface area contributed by atoms with Gasteiger partial charge in [-0.2, -0.15) is 0 Å². The van der Waals surface area contributed by atoms with Gasteiger partial charge in [0, 0.05) is 40.7 Å². The lowest BCUT2D eigenvalue weighted by molar-refractivity contribution is 0.427. The number of aromatic nitrogens is 2. The van der Waals surface area contributed by atoms with Crippen LogP contribution in [0.1, 0.15) is 21.4 Å². The van der Waals surface area contributed by atoms with Crippen molar-refractivity contribution in [3.8, 4) is 0 Å². The summed E-state index contributed by atoms with van der Waals surface area (Å²) in [6, 6.07) is 4.39. The van der Waals surface area contributed by atoms with Crippen molar-refractivity contribution in [3.63, 3.8) is 0 Å². The van der Waals surface area contributed by atoms with E-state index in [-0.39, 0.29) is 0 Å². The minimum absolute atomic E-state index is 0.656. The highest BCUT2D eigenvalue weighted by Gasteiger charge is 2.22. The van der Waals surface area contributed by atoms with E-state index in [1.807, 2.05) is 23.9 Å². The number of aryl methyl sites for hydroxylation is 1. The molecule has 3 nitrogen and oxygen atoms in total. The summed E-state index contributed by atoms with van der Waals surface area (Å²) in [6.45, 7) is 5.30. The zero-order valence-corrected chi connectivity index (χ0v) is 10.1. The van der Waals surface area contributed by atoms with Gasteiger partial charge in [-0.3, -0.25) is 0 Å². The molecule has 0 spiro atoms. The first-order chi connectivity index (χ1) is 7.83. The van der Waals surface area contributed by atoms with Gasteiger partial charge in [-0.1, -0.05) is 0 Å². The summed E-state index contributed by atoms with van der Waals surface area (Å²) >= 11 is 1.87. The molecule has 0 aromatic carbocycles. The zero-order valence-electron chi connectivity index (χ0n) is 9.31. The van der Waals surface area contributed by atoms with E-state index in [9.17, 15) is 0 Å². The van der Waals surface area contributed by atoms with Gasteiger partial charge in [0.05, 0.1) is 12.9 Å². The molecule has 1 fully saturated rings. The third-order valence-electron chi connectivity index (χ3n) is 3.07. The zero-order chi connectivity index (χ0) is 11.0. The summed E-state index contributed by atoms with van der Waals surface area (Å²) < 4.78 is 2.27. The molecule has 0 radical (unpaired) electrons. The van der Waals surface area contributed by atoms with Crippen LogP contribution in [0, 0.1) is 6.92 Å². The highest BCUT2D eigenvalue weighted by molar-refractivity contribution is 7.11. The van der Waals surface area contributed by atoms with Gasteiger partial charge in [0.25, 0.3) is 0 Å². The van der Waals surface area contributed by atoms with E-state index < -0.39 is 0 Å². The Kier molecular flexibility index (Phi) is 2.53. The fourth-order valence-electron chi connectivity index (χ4n) is 2.04. The van der Waals surface area contributed by atoms with Crippen LogP contribution in [0.4, 0.5) is 0 Å². The van der Waals surface area contributed by atoms with Gasteiger partial charge in [-0.05, 0) is 19.1 Å². The quantitative estimate of drug-likeness (QED) is 0.878. The molecule has 1 N–H and O–H groups in total. The Balaban J connectivity index is 1.81. The van der Waals surface area contributed by atoms with E-state index in [1.54, 1.807) is 0 Å². The van der Waals surface area contributed by atoms with Crippen LogP contribution in [0.2, 0.25) is 0 Å². The van der Waals surface area contributed by atoms with Gasteiger partial charge in [-0.25, -0.2) is 4.98 Å². The molecule has 3 heterocycles. The number of rotatable bonds is 3. The van der Waals surface area contributed by atoms with Crippen molar-refractivity contribution < 1.29 is 0 Å². The maximum atomic E-state index is 4.27. The van der Waals surface area contributed by atoms with Gasteiger partial charge in [0.15, 0.2) is 0 Å². The number of thiophene rings is 1. The second kappa shape index (κ2) is 4.03. The molecule has 0 atom stereocenters. The topological polar surface area (TPSA) is 29.9 Å². The molecule has 2 aromatic heterocycles. The van der Waals surface area contributed by atoms with Crippen LogP contribution in [0.3, 0.4) is 0 Å². The van der Waals surface area contributed by atoms with Gasteiger partial charge in [-0.15, -0.1) is 11.3 Å². The van der Waals surface area contributed by atoms with Crippen LogP contribution in [0.25, 0.3) is 0 Å². The number of nitrogens with zero attached hydrogens (tertiary/aromatic N) is 2. The molecule has 1 aliphatic heterocycles. The van der Waals surface area contributed by atoms with E-state index >= 15 is 0 Å². The van der Waals surface area contributed by atoms with E-state index in [1.165, 1.54) is 15.4 Å². The predicted molar refractivity (Wildman–Crippen MR) is 66.0 cm³/mol. The van der Waals surface area contributed by atoms with Crippen molar-refractivity contribution in [2.45, 2.75) is 19.4 Å². The van der Waals surface area contributed by atoms with Crippen molar-refractivity contribution in [2.24, 2.45) is 0 Å². The molecule has 3 rings (SSSR count). The minimum atomic E-state index is 0.656. The average Bonchev–Trinajstić information content (AvgIpc) is 2.75. The lowest BCUT2D eigenvalue weighted by Gasteiger charge is -2.27. The lowest BCUT2D eigenvalue weighted by atomic mass is 10.00. The molecule has 1 saturated heterocycles. The minimum Gasteiger partial charge on any atom is -0.329 e. The Morgan fingerprint density at radius 2 is 2.38 bits per heavy atom. The Labute approximate surface area is 99.1 Å². The first kappa shape index (κ1) is 10.1. The summed E-state index contributed by atoms with van der Waals surface area (Å²) in [6.07, 6.45) is 3.95. The summed E-state index contributed by atoms with van der Waals surface area (Å²) in [7, 11) is 0. The van der Waals surface area contributed by atoms with Crippen LogP contribution >= 0.6 is 11.3 Å². The second-order valence-corrected chi connectivity index (χ2v) is 5.69.